The number of carbonyl (C=O) groups excluding carboxylic acids is 1. The lowest BCUT2D eigenvalue weighted by molar-refractivity contribution is 0.0691. The first kappa shape index (κ1) is 13.8. The molecule has 0 atom stereocenters. The molecule has 1 aromatic heterocycles. The van der Waals surface area contributed by atoms with Gasteiger partial charge in [-0.15, -0.1) is 11.3 Å². The van der Waals surface area contributed by atoms with E-state index < -0.39 is 5.97 Å². The molecule has 0 bridgehead atoms. The molecule has 1 heterocycles. The molecule has 2 N–H and O–H groups in total. The van der Waals surface area contributed by atoms with Crippen molar-refractivity contribution in [3.05, 3.63) is 16.1 Å². The van der Waals surface area contributed by atoms with Crippen LogP contribution in [0.25, 0.3) is 0 Å². The van der Waals surface area contributed by atoms with Crippen molar-refractivity contribution in [2.45, 2.75) is 26.3 Å². The maximum absolute atomic E-state index is 11.9. The maximum Gasteiger partial charge on any atom is 0.355 e. The fourth-order valence-electron chi connectivity index (χ4n) is 1.72. The van der Waals surface area contributed by atoms with Gasteiger partial charge in [0.2, 0.25) is 0 Å². The summed E-state index contributed by atoms with van der Waals surface area (Å²) in [5, 5.41) is 13.6. The van der Waals surface area contributed by atoms with E-state index in [0.29, 0.717) is 17.5 Å². The Morgan fingerprint density at radius 1 is 1.58 bits per heavy atom. The van der Waals surface area contributed by atoms with Crippen LogP contribution in [0, 0.1) is 5.92 Å². The van der Waals surface area contributed by atoms with E-state index >= 15 is 0 Å². The summed E-state index contributed by atoms with van der Waals surface area (Å²) in [5.41, 5.74) is 0.0274. The van der Waals surface area contributed by atoms with Crippen LogP contribution >= 0.6 is 11.3 Å². The molecule has 1 aliphatic carbocycles. The number of nitrogens with one attached hydrogen (secondary N) is 1. The molecule has 0 unspecified atom stereocenters. The van der Waals surface area contributed by atoms with Crippen LogP contribution in [0.2, 0.25) is 0 Å². The average molecular weight is 283 g/mol. The van der Waals surface area contributed by atoms with Gasteiger partial charge in [0.15, 0.2) is 5.69 Å². The van der Waals surface area contributed by atoms with Crippen molar-refractivity contribution >= 4 is 23.3 Å². The number of rotatable bonds is 6. The summed E-state index contributed by atoms with van der Waals surface area (Å²) in [6.07, 6.45) is 2.41. The number of hydrogen-bond donors (Lipinski definition) is 2. The molecule has 0 spiro atoms. The molecule has 0 aliphatic heterocycles. The lowest BCUT2D eigenvalue weighted by Crippen LogP contribution is -2.40. The van der Waals surface area contributed by atoms with Gasteiger partial charge >= 0.3 is 12.0 Å². The van der Waals surface area contributed by atoms with E-state index in [9.17, 15) is 9.59 Å². The molecular formula is C12H17N3O3S. The van der Waals surface area contributed by atoms with E-state index in [0.717, 1.165) is 6.54 Å². The highest BCUT2D eigenvalue weighted by Crippen LogP contribution is 2.29. The Hall–Kier alpha value is -1.63. The Morgan fingerprint density at radius 3 is 2.84 bits per heavy atom. The number of aromatic nitrogens is 1. The summed E-state index contributed by atoms with van der Waals surface area (Å²) >= 11 is 1.24. The summed E-state index contributed by atoms with van der Waals surface area (Å²) in [4.78, 5) is 28.3. The standard InChI is InChI=1S/C12H17N3O3S/c1-2-15(6-8-3-4-8)12(18)13-5-10-14-9(7-19-10)11(16)17/h7-8H,2-6H2,1H3,(H,13,18)(H,16,17). The van der Waals surface area contributed by atoms with Gasteiger partial charge in [-0.1, -0.05) is 0 Å². The molecule has 6 nitrogen and oxygen atoms in total. The molecule has 7 heteroatoms. The second-order valence-electron chi connectivity index (χ2n) is 4.57. The minimum absolute atomic E-state index is 0.0274. The topological polar surface area (TPSA) is 82.5 Å². The molecule has 2 rings (SSSR count). The highest BCUT2D eigenvalue weighted by atomic mass is 32.1. The number of carbonyl (C=O) groups is 2. The van der Waals surface area contributed by atoms with Crippen molar-refractivity contribution in [2.24, 2.45) is 5.92 Å². The summed E-state index contributed by atoms with van der Waals surface area (Å²) in [6.45, 7) is 3.72. The van der Waals surface area contributed by atoms with Crippen molar-refractivity contribution in [1.82, 2.24) is 15.2 Å². The highest BCUT2D eigenvalue weighted by Gasteiger charge is 2.25. The largest absolute Gasteiger partial charge is 0.476 e. The molecular weight excluding hydrogens is 266 g/mol. The van der Waals surface area contributed by atoms with Gasteiger partial charge in [-0.2, -0.15) is 0 Å². The minimum atomic E-state index is -1.04. The predicted molar refractivity (Wildman–Crippen MR) is 71.3 cm³/mol. The molecule has 0 aromatic carbocycles. The number of amides is 2. The van der Waals surface area contributed by atoms with Crippen molar-refractivity contribution in [2.75, 3.05) is 13.1 Å². The van der Waals surface area contributed by atoms with Gasteiger partial charge in [-0.25, -0.2) is 14.6 Å². The molecule has 19 heavy (non-hydrogen) atoms. The summed E-state index contributed by atoms with van der Waals surface area (Å²) in [7, 11) is 0. The second kappa shape index (κ2) is 6.01. The molecule has 1 fully saturated rings. The first-order valence-electron chi connectivity index (χ1n) is 6.30. The van der Waals surface area contributed by atoms with Gasteiger partial charge in [0, 0.05) is 18.5 Å². The van der Waals surface area contributed by atoms with Gasteiger partial charge in [0.05, 0.1) is 6.54 Å². The molecule has 1 saturated carbocycles. The van der Waals surface area contributed by atoms with Gasteiger partial charge in [-0.3, -0.25) is 0 Å². The van der Waals surface area contributed by atoms with Crippen molar-refractivity contribution in [3.63, 3.8) is 0 Å². The van der Waals surface area contributed by atoms with Crippen LogP contribution in [0.15, 0.2) is 5.38 Å². The molecule has 0 radical (unpaired) electrons. The monoisotopic (exact) mass is 283 g/mol. The number of aromatic carboxylic acids is 1. The van der Waals surface area contributed by atoms with Crippen LogP contribution in [0.5, 0.6) is 0 Å². The molecule has 1 aromatic rings. The lowest BCUT2D eigenvalue weighted by atomic mass is 10.4. The zero-order valence-electron chi connectivity index (χ0n) is 10.8. The first-order valence-corrected chi connectivity index (χ1v) is 7.18. The Labute approximate surface area is 115 Å². The highest BCUT2D eigenvalue weighted by molar-refractivity contribution is 7.09. The van der Waals surface area contributed by atoms with E-state index in [-0.39, 0.29) is 18.3 Å². The fraction of sp³-hybridized carbons (Fsp3) is 0.583. The maximum atomic E-state index is 11.9. The van der Waals surface area contributed by atoms with Gasteiger partial charge in [0.1, 0.15) is 5.01 Å². The number of carboxylic acid groups (broad SMARTS) is 1. The van der Waals surface area contributed by atoms with Crippen LogP contribution in [0.3, 0.4) is 0 Å². The van der Waals surface area contributed by atoms with Crippen LogP contribution < -0.4 is 5.32 Å². The Balaban J connectivity index is 1.82. The Kier molecular flexibility index (Phi) is 4.36. The second-order valence-corrected chi connectivity index (χ2v) is 5.52. The SMILES string of the molecule is CCN(CC1CC1)C(=O)NCc1nc(C(=O)O)cs1. The minimum Gasteiger partial charge on any atom is -0.476 e. The zero-order valence-corrected chi connectivity index (χ0v) is 11.6. The van der Waals surface area contributed by atoms with E-state index in [4.69, 9.17) is 5.11 Å². The van der Waals surface area contributed by atoms with Gasteiger partial charge in [-0.05, 0) is 25.7 Å². The first-order chi connectivity index (χ1) is 9.10. The number of nitrogens with zero attached hydrogens (tertiary/aromatic N) is 2. The molecule has 0 saturated heterocycles. The third kappa shape index (κ3) is 3.92. The number of carboxylic acids is 1. The average Bonchev–Trinajstić information content (AvgIpc) is 3.07. The number of thiazole rings is 1. The number of hydrogen-bond acceptors (Lipinski definition) is 4. The fourth-order valence-corrected chi connectivity index (χ4v) is 2.43. The lowest BCUT2D eigenvalue weighted by Gasteiger charge is -2.20. The van der Waals surface area contributed by atoms with Crippen molar-refractivity contribution < 1.29 is 14.7 Å². The van der Waals surface area contributed by atoms with E-state index in [1.807, 2.05) is 6.92 Å². The summed E-state index contributed by atoms with van der Waals surface area (Å²) in [5.74, 6) is -0.387. The Bertz CT molecular complexity index is 471. The van der Waals surface area contributed by atoms with Crippen LogP contribution in [-0.4, -0.2) is 40.1 Å². The van der Waals surface area contributed by atoms with Gasteiger partial charge < -0.3 is 15.3 Å². The third-order valence-corrected chi connectivity index (χ3v) is 3.85. The van der Waals surface area contributed by atoms with Crippen LogP contribution in [0.1, 0.15) is 35.3 Å². The van der Waals surface area contributed by atoms with Crippen LogP contribution in [-0.2, 0) is 6.54 Å². The normalized spacial score (nSPS) is 14.2. The van der Waals surface area contributed by atoms with Crippen LogP contribution in [0.4, 0.5) is 4.79 Å². The predicted octanol–water partition coefficient (Wildman–Crippen LogP) is 1.78. The van der Waals surface area contributed by atoms with E-state index in [1.54, 1.807) is 4.90 Å². The van der Waals surface area contributed by atoms with E-state index in [2.05, 4.69) is 10.3 Å². The smallest absolute Gasteiger partial charge is 0.355 e. The zero-order chi connectivity index (χ0) is 13.8. The van der Waals surface area contributed by atoms with Crippen molar-refractivity contribution in [1.29, 1.82) is 0 Å². The van der Waals surface area contributed by atoms with Gasteiger partial charge in [0.25, 0.3) is 0 Å². The van der Waals surface area contributed by atoms with Crippen molar-refractivity contribution in [3.8, 4) is 0 Å². The molecule has 104 valence electrons. The number of urea groups is 1. The Morgan fingerprint density at radius 2 is 2.32 bits per heavy atom. The molecule has 2 amide bonds. The summed E-state index contributed by atoms with van der Waals surface area (Å²) < 4.78 is 0. The quantitative estimate of drug-likeness (QED) is 0.833. The molecule has 1 aliphatic rings. The summed E-state index contributed by atoms with van der Waals surface area (Å²) in [6, 6.07) is -0.110. The van der Waals surface area contributed by atoms with E-state index in [1.165, 1.54) is 29.6 Å². The third-order valence-electron chi connectivity index (χ3n) is 3.01.